The van der Waals surface area contributed by atoms with E-state index < -0.39 is 0 Å². The van der Waals surface area contributed by atoms with Crippen molar-refractivity contribution in [2.75, 3.05) is 11.1 Å². The van der Waals surface area contributed by atoms with Gasteiger partial charge in [-0.2, -0.15) is 0 Å². The van der Waals surface area contributed by atoms with Gasteiger partial charge in [0.2, 0.25) is 0 Å². The average molecular weight is 218 g/mol. The standard InChI is InChI=1S/C14H22N2/c1-10-8-11(4-5-13(10)15)16-12-6-7-14(2,3)9-12/h4-5,8,12,16H,6-7,9,15H2,1-3H3. The van der Waals surface area contributed by atoms with Crippen LogP contribution in [0.3, 0.4) is 0 Å². The summed E-state index contributed by atoms with van der Waals surface area (Å²) in [6, 6.07) is 6.82. The molecule has 0 amide bonds. The van der Waals surface area contributed by atoms with E-state index in [9.17, 15) is 0 Å². The molecule has 0 radical (unpaired) electrons. The van der Waals surface area contributed by atoms with Gasteiger partial charge in [-0.15, -0.1) is 0 Å². The molecule has 16 heavy (non-hydrogen) atoms. The minimum absolute atomic E-state index is 0.501. The number of anilines is 2. The summed E-state index contributed by atoms with van der Waals surface area (Å²) in [6.45, 7) is 6.75. The van der Waals surface area contributed by atoms with E-state index in [1.807, 2.05) is 6.07 Å². The second kappa shape index (κ2) is 4.00. The zero-order valence-corrected chi connectivity index (χ0v) is 10.5. The quantitative estimate of drug-likeness (QED) is 0.745. The molecule has 1 aliphatic rings. The van der Waals surface area contributed by atoms with E-state index in [-0.39, 0.29) is 0 Å². The third kappa shape index (κ3) is 2.49. The van der Waals surface area contributed by atoms with E-state index in [4.69, 9.17) is 5.73 Å². The van der Waals surface area contributed by atoms with Crippen LogP contribution in [0.15, 0.2) is 18.2 Å². The molecule has 3 N–H and O–H groups in total. The lowest BCUT2D eigenvalue weighted by molar-refractivity contribution is 0.378. The third-order valence-electron chi connectivity index (χ3n) is 3.61. The van der Waals surface area contributed by atoms with Crippen LogP contribution in [0.4, 0.5) is 11.4 Å². The molecule has 1 unspecified atom stereocenters. The first kappa shape index (κ1) is 11.3. The van der Waals surface area contributed by atoms with Gasteiger partial charge in [-0.25, -0.2) is 0 Å². The fourth-order valence-electron chi connectivity index (χ4n) is 2.56. The van der Waals surface area contributed by atoms with Crippen molar-refractivity contribution in [3.63, 3.8) is 0 Å². The summed E-state index contributed by atoms with van der Waals surface area (Å²) in [4.78, 5) is 0. The SMILES string of the molecule is Cc1cc(NC2CCC(C)(C)C2)ccc1N. The molecule has 2 nitrogen and oxygen atoms in total. The molecule has 1 saturated carbocycles. The monoisotopic (exact) mass is 218 g/mol. The number of nitrogens with two attached hydrogens (primary N) is 1. The van der Waals surface area contributed by atoms with Crippen LogP contribution in [-0.2, 0) is 0 Å². The number of hydrogen-bond acceptors (Lipinski definition) is 2. The molecule has 1 aliphatic carbocycles. The summed E-state index contributed by atoms with van der Waals surface area (Å²) < 4.78 is 0. The molecule has 0 heterocycles. The molecule has 1 aromatic carbocycles. The summed E-state index contributed by atoms with van der Waals surface area (Å²) in [6.07, 6.45) is 3.85. The highest BCUT2D eigenvalue weighted by Crippen LogP contribution is 2.38. The molecule has 2 heteroatoms. The highest BCUT2D eigenvalue weighted by molar-refractivity contribution is 5.57. The zero-order valence-electron chi connectivity index (χ0n) is 10.5. The van der Waals surface area contributed by atoms with E-state index in [0.717, 1.165) is 11.3 Å². The van der Waals surface area contributed by atoms with Crippen LogP contribution in [0.25, 0.3) is 0 Å². The van der Waals surface area contributed by atoms with Crippen molar-refractivity contribution < 1.29 is 0 Å². The number of nitrogen functional groups attached to an aromatic ring is 1. The van der Waals surface area contributed by atoms with Crippen molar-refractivity contribution in [3.8, 4) is 0 Å². The molecule has 2 rings (SSSR count). The fraction of sp³-hybridized carbons (Fsp3) is 0.571. The molecule has 1 fully saturated rings. The minimum atomic E-state index is 0.501. The van der Waals surface area contributed by atoms with Gasteiger partial charge in [0, 0.05) is 17.4 Å². The lowest BCUT2D eigenvalue weighted by atomic mass is 9.92. The van der Waals surface area contributed by atoms with Crippen molar-refractivity contribution in [2.24, 2.45) is 5.41 Å². The summed E-state index contributed by atoms with van der Waals surface area (Å²) in [5, 5.41) is 3.61. The topological polar surface area (TPSA) is 38.0 Å². The van der Waals surface area contributed by atoms with Gasteiger partial charge in [0.15, 0.2) is 0 Å². The van der Waals surface area contributed by atoms with Gasteiger partial charge in [0.1, 0.15) is 0 Å². The zero-order chi connectivity index (χ0) is 11.8. The maximum absolute atomic E-state index is 5.81. The summed E-state index contributed by atoms with van der Waals surface area (Å²) in [5.74, 6) is 0. The van der Waals surface area contributed by atoms with Crippen molar-refractivity contribution in [2.45, 2.75) is 46.1 Å². The molecular formula is C14H22N2. The minimum Gasteiger partial charge on any atom is -0.399 e. The van der Waals surface area contributed by atoms with Crippen LogP contribution >= 0.6 is 0 Å². The van der Waals surface area contributed by atoms with Crippen LogP contribution in [0.1, 0.15) is 38.7 Å². The highest BCUT2D eigenvalue weighted by Gasteiger charge is 2.30. The number of benzene rings is 1. The normalized spacial score (nSPS) is 23.3. The van der Waals surface area contributed by atoms with E-state index >= 15 is 0 Å². The van der Waals surface area contributed by atoms with Gasteiger partial charge in [-0.05, 0) is 55.4 Å². The van der Waals surface area contributed by atoms with Crippen LogP contribution in [0.2, 0.25) is 0 Å². The Bertz CT molecular complexity index is 382. The Balaban J connectivity index is 2.02. The van der Waals surface area contributed by atoms with Crippen LogP contribution in [0.5, 0.6) is 0 Å². The largest absolute Gasteiger partial charge is 0.399 e. The van der Waals surface area contributed by atoms with Crippen molar-refractivity contribution in [1.29, 1.82) is 0 Å². The van der Waals surface area contributed by atoms with Crippen LogP contribution in [-0.4, -0.2) is 6.04 Å². The summed E-state index contributed by atoms with van der Waals surface area (Å²) >= 11 is 0. The fourth-order valence-corrected chi connectivity index (χ4v) is 2.56. The summed E-state index contributed by atoms with van der Waals surface area (Å²) in [5.41, 5.74) is 9.54. The lowest BCUT2D eigenvalue weighted by Crippen LogP contribution is -2.17. The summed E-state index contributed by atoms with van der Waals surface area (Å²) in [7, 11) is 0. The Labute approximate surface area is 98.2 Å². The smallest absolute Gasteiger partial charge is 0.0346 e. The van der Waals surface area contributed by atoms with Gasteiger partial charge >= 0.3 is 0 Å². The van der Waals surface area contributed by atoms with Gasteiger partial charge in [-0.3, -0.25) is 0 Å². The van der Waals surface area contributed by atoms with E-state index in [1.165, 1.54) is 24.9 Å². The molecule has 1 aromatic rings. The van der Waals surface area contributed by atoms with Gasteiger partial charge < -0.3 is 11.1 Å². The Hall–Kier alpha value is -1.18. The average Bonchev–Trinajstić information content (AvgIpc) is 2.52. The number of rotatable bonds is 2. The first-order valence-corrected chi connectivity index (χ1v) is 6.09. The van der Waals surface area contributed by atoms with Gasteiger partial charge in [-0.1, -0.05) is 13.8 Å². The Morgan fingerprint density at radius 3 is 2.69 bits per heavy atom. The second-order valence-electron chi connectivity index (χ2n) is 5.82. The highest BCUT2D eigenvalue weighted by atomic mass is 14.9. The molecule has 0 aromatic heterocycles. The van der Waals surface area contributed by atoms with Gasteiger partial charge in [0.25, 0.3) is 0 Å². The first-order chi connectivity index (χ1) is 7.46. The first-order valence-electron chi connectivity index (χ1n) is 6.09. The predicted octanol–water partition coefficient (Wildman–Crippen LogP) is 3.57. The molecule has 1 atom stereocenters. The van der Waals surface area contributed by atoms with Crippen molar-refractivity contribution in [1.82, 2.24) is 0 Å². The van der Waals surface area contributed by atoms with Gasteiger partial charge in [0.05, 0.1) is 0 Å². The van der Waals surface area contributed by atoms with Crippen LogP contribution < -0.4 is 11.1 Å². The second-order valence-corrected chi connectivity index (χ2v) is 5.82. The molecule has 0 saturated heterocycles. The Kier molecular flexibility index (Phi) is 2.83. The third-order valence-corrected chi connectivity index (χ3v) is 3.61. The molecule has 0 spiro atoms. The molecular weight excluding hydrogens is 196 g/mol. The van der Waals surface area contributed by atoms with Crippen molar-refractivity contribution >= 4 is 11.4 Å². The Morgan fingerprint density at radius 1 is 1.38 bits per heavy atom. The maximum Gasteiger partial charge on any atom is 0.0346 e. The predicted molar refractivity (Wildman–Crippen MR) is 70.6 cm³/mol. The molecule has 88 valence electrons. The number of aryl methyl sites for hydroxylation is 1. The Morgan fingerprint density at radius 2 is 2.12 bits per heavy atom. The van der Waals surface area contributed by atoms with E-state index in [2.05, 4.69) is 38.2 Å². The lowest BCUT2D eigenvalue weighted by Gasteiger charge is -2.19. The number of nitrogens with one attached hydrogen (secondary N) is 1. The maximum atomic E-state index is 5.81. The van der Waals surface area contributed by atoms with Crippen molar-refractivity contribution in [3.05, 3.63) is 23.8 Å². The van der Waals surface area contributed by atoms with E-state index in [0.29, 0.717) is 11.5 Å². The van der Waals surface area contributed by atoms with E-state index in [1.54, 1.807) is 0 Å². The molecule has 0 bridgehead atoms. The molecule has 0 aliphatic heterocycles. The van der Waals surface area contributed by atoms with Crippen LogP contribution in [0, 0.1) is 12.3 Å². The number of hydrogen-bond donors (Lipinski definition) is 2.